The van der Waals surface area contributed by atoms with E-state index in [9.17, 15) is 68.1 Å². The molecule has 1 aromatic heterocycles. The lowest BCUT2D eigenvalue weighted by Gasteiger charge is -2.29. The first kappa shape index (κ1) is 64.3. The Bertz CT molecular complexity index is 2390. The van der Waals surface area contributed by atoms with E-state index in [1.54, 1.807) is 72.0 Å². The Labute approximate surface area is 440 Å². The summed E-state index contributed by atoms with van der Waals surface area (Å²) in [4.78, 5) is 152. The first-order valence-electron chi connectivity index (χ1n) is 25.1. The molecule has 9 atom stereocenters. The molecule has 0 aliphatic heterocycles. The fraction of sp³-hybridized carbons (Fsp3) is 0.592. The third-order valence-electron chi connectivity index (χ3n) is 12.2. The first-order valence-corrected chi connectivity index (χ1v) is 25.1. The molecule has 76 heavy (non-hydrogen) atoms. The van der Waals surface area contributed by atoms with E-state index < -0.39 is 158 Å². The fourth-order valence-electron chi connectivity index (χ4n) is 7.74. The molecule has 422 valence electrons. The number of aliphatic carboxylic acids is 3. The van der Waals surface area contributed by atoms with E-state index in [0.29, 0.717) is 22.9 Å². The maximum absolute atomic E-state index is 14.4. The molecule has 0 unspecified atom stereocenters. The number of aliphatic imine (C=N–C) groups is 1. The molecule has 27 nitrogen and oxygen atoms in total. The van der Waals surface area contributed by atoms with Gasteiger partial charge in [0.25, 0.3) is 0 Å². The van der Waals surface area contributed by atoms with Crippen LogP contribution in [0.2, 0.25) is 0 Å². The second-order valence-corrected chi connectivity index (χ2v) is 19.2. The van der Waals surface area contributed by atoms with Crippen molar-refractivity contribution in [2.75, 3.05) is 13.1 Å². The molecule has 0 bridgehead atoms. The Morgan fingerprint density at radius 3 is 1.66 bits per heavy atom. The third-order valence-corrected chi connectivity index (χ3v) is 12.2. The van der Waals surface area contributed by atoms with Crippen LogP contribution in [-0.2, 0) is 59.2 Å². The first-order chi connectivity index (χ1) is 35.7. The van der Waals surface area contributed by atoms with Gasteiger partial charge in [-0.15, -0.1) is 0 Å². The highest BCUT2D eigenvalue weighted by molar-refractivity contribution is 5.98. The van der Waals surface area contributed by atoms with Gasteiger partial charge in [-0.1, -0.05) is 66.2 Å². The van der Waals surface area contributed by atoms with Crippen molar-refractivity contribution in [3.8, 4) is 0 Å². The molecule has 0 aliphatic carbocycles. The number of H-pyrrole nitrogens is 1. The molecule has 18 N–H and O–H groups in total. The Kier molecular flexibility index (Phi) is 26.9. The lowest BCUT2D eigenvalue weighted by molar-refractivity contribution is -0.143. The van der Waals surface area contributed by atoms with E-state index in [2.05, 4.69) is 52.5 Å². The molecule has 0 saturated heterocycles. The number of nitrogens with one attached hydrogen (secondary N) is 9. The summed E-state index contributed by atoms with van der Waals surface area (Å²) in [6.45, 7) is 11.0. The van der Waals surface area contributed by atoms with E-state index >= 15 is 0 Å². The summed E-state index contributed by atoms with van der Waals surface area (Å²) in [5.41, 5.74) is 17.4. The summed E-state index contributed by atoms with van der Waals surface area (Å²) < 4.78 is 0. The number of benzene rings is 1. The molecule has 0 saturated carbocycles. The van der Waals surface area contributed by atoms with Gasteiger partial charge in [-0.2, -0.15) is 0 Å². The number of fused-ring (bicyclic) bond motifs is 1. The van der Waals surface area contributed by atoms with Crippen LogP contribution in [0.25, 0.3) is 10.9 Å². The van der Waals surface area contributed by atoms with Crippen LogP contribution in [-0.4, -0.2) is 153 Å². The minimum absolute atomic E-state index is 0.0691. The second kappa shape index (κ2) is 31.8. The highest BCUT2D eigenvalue weighted by atomic mass is 16.5. The maximum atomic E-state index is 14.4. The summed E-state index contributed by atoms with van der Waals surface area (Å²) in [6.07, 6.45) is -0.0886. The smallest absolute Gasteiger partial charge is 0.326 e. The van der Waals surface area contributed by atoms with Crippen molar-refractivity contribution in [2.24, 2.45) is 39.9 Å². The molecule has 2 aromatic rings. The van der Waals surface area contributed by atoms with Crippen LogP contribution in [0.3, 0.4) is 0 Å². The van der Waals surface area contributed by atoms with Gasteiger partial charge < -0.3 is 80.0 Å². The van der Waals surface area contributed by atoms with Crippen LogP contribution in [0.1, 0.15) is 105 Å². The minimum atomic E-state index is -1.58. The summed E-state index contributed by atoms with van der Waals surface area (Å²) in [5, 5.41) is 49.6. The number of rotatable bonds is 34. The van der Waals surface area contributed by atoms with E-state index in [0.717, 1.165) is 0 Å². The molecule has 0 aliphatic rings. The van der Waals surface area contributed by atoms with Gasteiger partial charge in [0.15, 0.2) is 5.96 Å². The number of nitrogens with zero attached hydrogens (tertiary/aromatic N) is 1. The standard InChI is InChI=1S/C49H77N13O14/c1-8-26(6)40(47(74)59-33(48(75)76)14-11-19-53-49(51)52)62-43(70)32(16-18-38(66)67)57-41(68)27(7)55-46(73)39(25(4)5)61-45(72)35(21-28-23-54-30-13-10-9-12-29(28)30)60-42(69)31(15-17-37(64)65)58-44(71)34(20-24(2)3)56-36(63)22-50/h9-10,12-13,23-27,31-35,39-40,54H,8,11,14-22,50H2,1-7H3,(H,55,73)(H,56,63)(H,57,68)(H,58,71)(H,59,74)(H,60,69)(H,61,72)(H,62,70)(H,64,65)(H,66,67)(H,75,76)(H4,51,52,53)/t26-,27-,31-,32-,33-,34-,35-,39-,40-/m0/s1/i11+1,14+1,19+1,33+1,48+1,49+1,51+1,52+1,53+1,59+1. The number of hydrogen-bond acceptors (Lipinski definition) is 13. The average Bonchev–Trinajstić information content (AvgIpc) is 3.76. The summed E-state index contributed by atoms with van der Waals surface area (Å²) in [5.74, 6) is -12.6. The van der Waals surface area contributed by atoms with Crippen LogP contribution in [0, 0.1) is 17.8 Å². The number of aromatic amines is 1. The maximum Gasteiger partial charge on any atom is 0.326 e. The van der Waals surface area contributed by atoms with Gasteiger partial charge in [0.1, 0.15) is 48.3 Å². The number of aromatic nitrogens is 1. The van der Waals surface area contributed by atoms with E-state index in [4.69, 9.17) is 17.2 Å². The van der Waals surface area contributed by atoms with Gasteiger partial charge in [0, 0.05) is 42.9 Å². The van der Waals surface area contributed by atoms with Gasteiger partial charge in [-0.25, -0.2) is 4.79 Å². The number of guanidine groups is 1. The quantitative estimate of drug-likeness (QED) is 0.0121. The van der Waals surface area contributed by atoms with Crippen LogP contribution >= 0.6 is 0 Å². The van der Waals surface area contributed by atoms with Crippen LogP contribution in [0.15, 0.2) is 35.5 Å². The number of carboxylic acid groups (broad SMARTS) is 3. The lowest BCUT2D eigenvalue weighted by Crippen LogP contribution is -2.61. The number of carboxylic acids is 3. The highest BCUT2D eigenvalue weighted by Crippen LogP contribution is 2.20. The van der Waals surface area contributed by atoms with Crippen LogP contribution in [0.4, 0.5) is 0 Å². The monoisotopic (exact) mass is 1080 g/mol. The zero-order valence-electron chi connectivity index (χ0n) is 44.0. The number of hydrogen-bond donors (Lipinski definition) is 15. The van der Waals surface area contributed by atoms with E-state index in [-0.39, 0.29) is 44.1 Å². The van der Waals surface area contributed by atoms with Gasteiger partial charge in [0.05, 0.1) is 6.54 Å². The van der Waals surface area contributed by atoms with Crippen molar-refractivity contribution in [3.05, 3.63) is 36.0 Å². The minimum Gasteiger partial charge on any atom is -0.481 e. The fourth-order valence-corrected chi connectivity index (χ4v) is 7.74. The molecule has 1 aromatic carbocycles. The zero-order chi connectivity index (χ0) is 57.4. The summed E-state index contributed by atoms with van der Waals surface area (Å²) in [6, 6.07) is -4.23. The SMILES string of the molecule is CC[C@H](C)[C@H](NC(=O)[C@H](CCC(=O)O)NC(=O)[C@H](C)NC(=O)[C@@H](NC(=O)[C@H](Cc1c[nH]c2ccccc12)NC(=O)[C@H](CCC(=O)O)NC(=O)[C@H](CC(C)C)NC(=O)CN)C(C)C)C(=O)[15NH][13C@@H]([13CH2][13CH2][13CH2][15N]=[13C]([15NH2])[15NH2])[13C](=O)O. The molecule has 27 heteroatoms. The van der Waals surface area contributed by atoms with Gasteiger partial charge >= 0.3 is 17.9 Å². The highest BCUT2D eigenvalue weighted by Gasteiger charge is 2.36. The molecule has 0 radical (unpaired) electrons. The molecular weight excluding hydrogens is 1000 g/mol. The lowest BCUT2D eigenvalue weighted by atomic mass is 9.98. The number of nitrogens with two attached hydrogens (primary N) is 3. The van der Waals surface area contributed by atoms with Crippen molar-refractivity contribution < 1.29 is 68.1 Å². The largest absolute Gasteiger partial charge is 0.481 e. The molecule has 1 heterocycles. The predicted octanol–water partition coefficient (Wildman–Crippen LogP) is -1.82. The topological polar surface area (TPSA) is 451 Å². The number of carbonyl (C=O) groups excluding carboxylic acids is 8. The Balaban J connectivity index is 2.41. The third kappa shape index (κ3) is 21.9. The molecule has 0 fully saturated rings. The van der Waals surface area contributed by atoms with Crippen LogP contribution < -0.4 is 59.7 Å². The average molecular weight is 1080 g/mol. The van der Waals surface area contributed by atoms with Crippen molar-refractivity contribution in [1.29, 1.82) is 0 Å². The number of para-hydroxylation sites is 1. The molecule has 0 spiro atoms. The van der Waals surface area contributed by atoms with Gasteiger partial charge in [-0.05, 0) is 68.4 Å². The Hall–Kier alpha value is -7.84. The normalized spacial score (nSPS) is 14.7. The molecular formula is C49H77N13O14. The predicted molar refractivity (Wildman–Crippen MR) is 277 cm³/mol. The summed E-state index contributed by atoms with van der Waals surface area (Å²) >= 11 is 0. The Morgan fingerprint density at radius 2 is 1.12 bits per heavy atom. The van der Waals surface area contributed by atoms with Crippen LogP contribution in [0.5, 0.6) is 0 Å². The zero-order valence-corrected chi connectivity index (χ0v) is 44.0. The summed E-state index contributed by atoms with van der Waals surface area (Å²) in [7, 11) is 0. The second-order valence-electron chi connectivity index (χ2n) is 19.2. The molecule has 8 amide bonds. The van der Waals surface area contributed by atoms with Crippen molar-refractivity contribution in [2.45, 2.75) is 155 Å². The molecule has 2 rings (SSSR count). The van der Waals surface area contributed by atoms with Gasteiger partial charge in [-0.3, -0.25) is 52.9 Å². The Morgan fingerprint density at radius 1 is 0.605 bits per heavy atom. The number of amides is 8. The van der Waals surface area contributed by atoms with Crippen molar-refractivity contribution >= 4 is 82.0 Å². The van der Waals surface area contributed by atoms with Crippen molar-refractivity contribution in [3.63, 3.8) is 0 Å². The van der Waals surface area contributed by atoms with E-state index in [1.807, 2.05) is 0 Å². The van der Waals surface area contributed by atoms with E-state index in [1.165, 1.54) is 6.92 Å². The van der Waals surface area contributed by atoms with Gasteiger partial charge in [0.2, 0.25) is 47.3 Å². The number of carbonyl (C=O) groups is 11. The van der Waals surface area contributed by atoms with Crippen molar-refractivity contribution in [1.82, 2.24) is 47.5 Å².